The zero-order chi connectivity index (χ0) is 15.1. The monoisotopic (exact) mass is 296 g/mol. The van der Waals surface area contributed by atoms with Crippen LogP contribution < -0.4 is 5.32 Å². The average molecular weight is 297 g/mol. The summed E-state index contributed by atoms with van der Waals surface area (Å²) in [4.78, 5) is 12.1. The minimum absolute atomic E-state index is 0.140. The molecule has 20 heavy (non-hydrogen) atoms. The van der Waals surface area contributed by atoms with Crippen LogP contribution in [0.15, 0.2) is 34.4 Å². The number of carbonyl (C=O) groups is 1. The Hall–Kier alpha value is -1.85. The van der Waals surface area contributed by atoms with Gasteiger partial charge in [0.2, 0.25) is 0 Å². The Bertz CT molecular complexity index is 559. The molecule has 0 atom stereocenters. The Morgan fingerprint density at radius 3 is 2.85 bits per heavy atom. The van der Waals surface area contributed by atoms with Gasteiger partial charge in [-0.3, -0.25) is 4.79 Å². The predicted octanol–water partition coefficient (Wildman–Crippen LogP) is 2.42. The second-order valence-corrected chi connectivity index (χ2v) is 4.30. The summed E-state index contributed by atoms with van der Waals surface area (Å²) in [7, 11) is 0. The summed E-state index contributed by atoms with van der Waals surface area (Å²) in [6, 6.07) is 0. The molecule has 1 aromatic rings. The third kappa shape index (κ3) is 3.59. The number of nitrogens with one attached hydrogen (secondary N) is 1. The highest BCUT2D eigenvalue weighted by atomic mass is 35.5. The van der Waals surface area contributed by atoms with Gasteiger partial charge in [-0.05, 0) is 19.9 Å². The maximum absolute atomic E-state index is 12.1. The zero-order valence-electron chi connectivity index (χ0n) is 11.4. The molecular formula is C14H17ClN2O3. The van der Waals surface area contributed by atoms with Crippen molar-refractivity contribution in [1.82, 2.24) is 10.5 Å². The van der Waals surface area contributed by atoms with Crippen molar-refractivity contribution < 1.29 is 14.4 Å². The molecule has 1 rings (SSSR count). The molecule has 6 heteroatoms. The van der Waals surface area contributed by atoms with Crippen molar-refractivity contribution in [3.63, 3.8) is 0 Å². The van der Waals surface area contributed by atoms with Gasteiger partial charge in [-0.25, -0.2) is 0 Å². The molecule has 0 radical (unpaired) electrons. The van der Waals surface area contributed by atoms with E-state index >= 15 is 0 Å². The third-order valence-corrected chi connectivity index (χ3v) is 2.88. The molecule has 108 valence electrons. The minimum Gasteiger partial charge on any atom is -0.395 e. The van der Waals surface area contributed by atoms with Gasteiger partial charge in [0.25, 0.3) is 5.91 Å². The fourth-order valence-corrected chi connectivity index (χ4v) is 1.95. The number of carbonyl (C=O) groups excluding carboxylic acids is 1. The summed E-state index contributed by atoms with van der Waals surface area (Å²) in [5.74, 6) is 0.0214. The van der Waals surface area contributed by atoms with Crippen molar-refractivity contribution in [2.45, 2.75) is 13.8 Å². The van der Waals surface area contributed by atoms with E-state index in [9.17, 15) is 4.79 Å². The molecule has 0 saturated carbocycles. The van der Waals surface area contributed by atoms with E-state index in [1.807, 2.05) is 0 Å². The van der Waals surface area contributed by atoms with E-state index in [0.29, 0.717) is 27.6 Å². The molecule has 0 bridgehead atoms. The zero-order valence-corrected chi connectivity index (χ0v) is 12.2. The maximum atomic E-state index is 12.1. The van der Waals surface area contributed by atoms with Crippen LogP contribution in [0.3, 0.4) is 0 Å². The molecule has 0 unspecified atom stereocenters. The second-order valence-electron chi connectivity index (χ2n) is 3.89. The van der Waals surface area contributed by atoms with Crippen molar-refractivity contribution >= 4 is 23.1 Å². The summed E-state index contributed by atoms with van der Waals surface area (Å²) >= 11 is 6.14. The topological polar surface area (TPSA) is 75.4 Å². The molecule has 2 N–H and O–H groups in total. The SMILES string of the molecule is C=C/C=C(Cl)\C(=C/C)c1noc(C)c1C(=O)NCCO. The second kappa shape index (κ2) is 7.67. The highest BCUT2D eigenvalue weighted by molar-refractivity contribution is 6.37. The van der Waals surface area contributed by atoms with Crippen LogP contribution in [0.5, 0.6) is 0 Å². The van der Waals surface area contributed by atoms with Gasteiger partial charge in [-0.15, -0.1) is 0 Å². The van der Waals surface area contributed by atoms with Crippen LogP contribution in [0.25, 0.3) is 5.57 Å². The number of allylic oxidation sites excluding steroid dienone is 5. The van der Waals surface area contributed by atoms with E-state index in [2.05, 4.69) is 17.1 Å². The lowest BCUT2D eigenvalue weighted by Crippen LogP contribution is -2.27. The van der Waals surface area contributed by atoms with Gasteiger partial charge in [0.15, 0.2) is 0 Å². The number of amides is 1. The van der Waals surface area contributed by atoms with Crippen LogP contribution in [-0.4, -0.2) is 29.3 Å². The molecule has 0 fully saturated rings. The molecule has 5 nitrogen and oxygen atoms in total. The van der Waals surface area contributed by atoms with Gasteiger partial charge < -0.3 is 14.9 Å². The van der Waals surface area contributed by atoms with Crippen LogP contribution in [0.1, 0.15) is 28.7 Å². The smallest absolute Gasteiger partial charge is 0.257 e. The van der Waals surface area contributed by atoms with E-state index in [4.69, 9.17) is 21.2 Å². The van der Waals surface area contributed by atoms with Crippen LogP contribution >= 0.6 is 11.6 Å². The highest BCUT2D eigenvalue weighted by Crippen LogP contribution is 2.29. The largest absolute Gasteiger partial charge is 0.395 e. The molecule has 0 aliphatic rings. The van der Waals surface area contributed by atoms with Crippen molar-refractivity contribution in [2.75, 3.05) is 13.2 Å². The van der Waals surface area contributed by atoms with Crippen LogP contribution in [0.4, 0.5) is 0 Å². The predicted molar refractivity (Wildman–Crippen MR) is 78.4 cm³/mol. The molecule has 1 amide bonds. The number of halogens is 1. The number of aryl methyl sites for hydroxylation is 1. The lowest BCUT2D eigenvalue weighted by atomic mass is 10.0. The third-order valence-electron chi connectivity index (χ3n) is 2.55. The lowest BCUT2D eigenvalue weighted by Gasteiger charge is -2.06. The Balaban J connectivity index is 3.23. The number of aliphatic hydroxyl groups is 1. The minimum atomic E-state index is -0.366. The number of hydrogen-bond acceptors (Lipinski definition) is 4. The standard InChI is InChI=1S/C14H17ClN2O3/c1-4-6-11(15)10(5-2)13-12(9(3)20-17-13)14(19)16-7-8-18/h4-6,18H,1,7-8H2,2-3H3,(H,16,19)/b10-5+,11-6+. The number of aliphatic hydroxyl groups excluding tert-OH is 1. The summed E-state index contributed by atoms with van der Waals surface area (Å²) in [6.07, 6.45) is 4.89. The number of aromatic nitrogens is 1. The van der Waals surface area contributed by atoms with Crippen molar-refractivity contribution in [1.29, 1.82) is 0 Å². The molecule has 0 aliphatic carbocycles. The van der Waals surface area contributed by atoms with E-state index < -0.39 is 0 Å². The van der Waals surface area contributed by atoms with Crippen LogP contribution in [0.2, 0.25) is 0 Å². The quantitative estimate of drug-likeness (QED) is 0.791. The first-order valence-electron chi connectivity index (χ1n) is 6.07. The van der Waals surface area contributed by atoms with E-state index in [-0.39, 0.29) is 19.1 Å². The first-order valence-corrected chi connectivity index (χ1v) is 6.45. The average Bonchev–Trinajstić information content (AvgIpc) is 2.79. The molecule has 0 spiro atoms. The fraction of sp³-hybridized carbons (Fsp3) is 0.286. The van der Waals surface area contributed by atoms with Gasteiger partial charge >= 0.3 is 0 Å². The van der Waals surface area contributed by atoms with Crippen LogP contribution in [0, 0.1) is 6.92 Å². The fourth-order valence-electron chi connectivity index (χ4n) is 1.66. The highest BCUT2D eigenvalue weighted by Gasteiger charge is 2.23. The van der Waals surface area contributed by atoms with Gasteiger partial charge in [0, 0.05) is 17.2 Å². The maximum Gasteiger partial charge on any atom is 0.257 e. The van der Waals surface area contributed by atoms with E-state index in [0.717, 1.165) is 0 Å². The van der Waals surface area contributed by atoms with Crippen LogP contribution in [-0.2, 0) is 0 Å². The lowest BCUT2D eigenvalue weighted by molar-refractivity contribution is 0.0943. The van der Waals surface area contributed by atoms with Gasteiger partial charge in [0.05, 0.1) is 6.61 Å². The number of nitrogens with zero attached hydrogens (tertiary/aromatic N) is 1. The Morgan fingerprint density at radius 1 is 1.60 bits per heavy atom. The van der Waals surface area contributed by atoms with Crippen molar-refractivity contribution in [2.24, 2.45) is 0 Å². The van der Waals surface area contributed by atoms with Crippen molar-refractivity contribution in [3.8, 4) is 0 Å². The normalized spacial score (nSPS) is 12.4. The first kappa shape index (κ1) is 16.2. The van der Waals surface area contributed by atoms with E-state index in [1.54, 1.807) is 32.1 Å². The summed E-state index contributed by atoms with van der Waals surface area (Å²) in [5.41, 5.74) is 1.25. The number of rotatable bonds is 6. The van der Waals surface area contributed by atoms with Gasteiger partial charge in [-0.1, -0.05) is 35.5 Å². The summed E-state index contributed by atoms with van der Waals surface area (Å²) in [5, 5.41) is 15.6. The molecule has 0 aliphatic heterocycles. The summed E-state index contributed by atoms with van der Waals surface area (Å²) in [6.45, 7) is 7.02. The van der Waals surface area contributed by atoms with E-state index in [1.165, 1.54) is 0 Å². The Kier molecular flexibility index (Phi) is 6.21. The number of hydrogen-bond donors (Lipinski definition) is 2. The first-order chi connectivity index (χ1) is 9.56. The molecule has 1 heterocycles. The molecular weight excluding hydrogens is 280 g/mol. The molecule has 0 saturated heterocycles. The van der Waals surface area contributed by atoms with Crippen molar-refractivity contribution in [3.05, 3.63) is 46.9 Å². The van der Waals surface area contributed by atoms with Gasteiger partial charge in [0.1, 0.15) is 17.0 Å². The Morgan fingerprint density at radius 2 is 2.30 bits per heavy atom. The summed E-state index contributed by atoms with van der Waals surface area (Å²) < 4.78 is 5.08. The Labute approximate surface area is 122 Å². The van der Waals surface area contributed by atoms with Gasteiger partial charge in [-0.2, -0.15) is 0 Å². The molecule has 0 aromatic carbocycles. The molecule has 1 aromatic heterocycles.